The molecule has 0 fully saturated rings. The lowest BCUT2D eigenvalue weighted by atomic mass is 10.1. The van der Waals surface area contributed by atoms with Crippen molar-refractivity contribution in [3.05, 3.63) is 0 Å². The lowest BCUT2D eigenvalue weighted by Crippen LogP contribution is -2.32. The third-order valence-corrected chi connectivity index (χ3v) is 1.51. The van der Waals surface area contributed by atoms with Crippen molar-refractivity contribution >= 4 is 0 Å². The molecule has 2 nitrogen and oxygen atoms in total. The summed E-state index contributed by atoms with van der Waals surface area (Å²) in [6.45, 7) is 3.66. The van der Waals surface area contributed by atoms with Gasteiger partial charge in [0.2, 0.25) is 0 Å². The van der Waals surface area contributed by atoms with Crippen molar-refractivity contribution < 1.29 is 4.39 Å². The van der Waals surface area contributed by atoms with Crippen LogP contribution in [0.5, 0.6) is 0 Å². The number of hydrogen-bond acceptors (Lipinski definition) is 2. The smallest absolute Gasteiger partial charge is 0.102 e. The van der Waals surface area contributed by atoms with Crippen LogP contribution in [-0.4, -0.2) is 19.3 Å². The van der Waals surface area contributed by atoms with Gasteiger partial charge in [-0.15, -0.1) is 0 Å². The molecule has 0 aliphatic rings. The molecule has 0 saturated heterocycles. The fourth-order valence-electron chi connectivity index (χ4n) is 0.571. The van der Waals surface area contributed by atoms with E-state index in [1.807, 2.05) is 13.8 Å². The number of nitrogens with zero attached hydrogens (tertiary/aromatic N) is 1. The van der Waals surface area contributed by atoms with E-state index in [-0.39, 0.29) is 18.6 Å². The van der Waals surface area contributed by atoms with Crippen LogP contribution in [0.3, 0.4) is 0 Å². The van der Waals surface area contributed by atoms with E-state index in [2.05, 4.69) is 11.4 Å². The van der Waals surface area contributed by atoms with E-state index in [1.54, 1.807) is 0 Å². The minimum atomic E-state index is -0.373. The van der Waals surface area contributed by atoms with E-state index in [0.29, 0.717) is 6.54 Å². The molecular weight excluding hydrogens is 131 g/mol. The van der Waals surface area contributed by atoms with Crippen LogP contribution in [0.1, 0.15) is 13.8 Å². The number of halogens is 1. The molecule has 0 aromatic heterocycles. The highest BCUT2D eigenvalue weighted by Gasteiger charge is 2.08. The predicted molar refractivity (Wildman–Crippen MR) is 38.2 cm³/mol. The quantitative estimate of drug-likeness (QED) is 0.641. The van der Waals surface area contributed by atoms with Crippen molar-refractivity contribution in [2.45, 2.75) is 19.9 Å². The van der Waals surface area contributed by atoms with Crippen LogP contribution in [0.15, 0.2) is 0 Å². The molecule has 3 heteroatoms. The van der Waals surface area contributed by atoms with Crippen LogP contribution in [-0.2, 0) is 0 Å². The van der Waals surface area contributed by atoms with Crippen LogP contribution in [0.4, 0.5) is 4.39 Å². The van der Waals surface area contributed by atoms with Gasteiger partial charge in [0.05, 0.1) is 12.0 Å². The largest absolute Gasteiger partial charge is 0.310 e. The Bertz CT molecular complexity index is 119. The summed E-state index contributed by atoms with van der Waals surface area (Å²) in [6, 6.07) is 2.17. The summed E-state index contributed by atoms with van der Waals surface area (Å²) in [4.78, 5) is 0. The van der Waals surface area contributed by atoms with Gasteiger partial charge in [-0.3, -0.25) is 0 Å². The predicted octanol–water partition coefficient (Wildman–Crippen LogP) is 1.09. The maximum atomic E-state index is 11.6. The maximum absolute atomic E-state index is 11.6. The van der Waals surface area contributed by atoms with Gasteiger partial charge in [0, 0.05) is 12.6 Å². The van der Waals surface area contributed by atoms with E-state index < -0.39 is 0 Å². The number of nitrogens with one attached hydrogen (secondary N) is 1. The minimum absolute atomic E-state index is 0.0495. The molecule has 0 aliphatic carbocycles. The molecule has 0 aromatic rings. The number of alkyl halides is 1. The van der Waals surface area contributed by atoms with E-state index in [9.17, 15) is 4.39 Å². The summed E-state index contributed by atoms with van der Waals surface area (Å²) in [5.41, 5.74) is 0. The van der Waals surface area contributed by atoms with Crippen LogP contribution < -0.4 is 5.32 Å². The lowest BCUT2D eigenvalue weighted by Gasteiger charge is -2.13. The second-order valence-electron chi connectivity index (χ2n) is 2.35. The second kappa shape index (κ2) is 5.19. The zero-order valence-electron chi connectivity index (χ0n) is 6.39. The summed E-state index contributed by atoms with van der Waals surface area (Å²) < 4.78 is 11.6. The molecule has 0 spiro atoms. The van der Waals surface area contributed by atoms with Gasteiger partial charge in [0.15, 0.2) is 0 Å². The van der Waals surface area contributed by atoms with Gasteiger partial charge in [-0.2, -0.15) is 5.26 Å². The highest BCUT2D eigenvalue weighted by atomic mass is 19.1. The fourth-order valence-corrected chi connectivity index (χ4v) is 0.571. The third-order valence-electron chi connectivity index (χ3n) is 1.51. The van der Waals surface area contributed by atoms with Crippen molar-refractivity contribution in [2.75, 3.05) is 13.2 Å². The van der Waals surface area contributed by atoms with Crippen molar-refractivity contribution in [3.8, 4) is 6.07 Å². The highest BCUT2D eigenvalue weighted by molar-refractivity contribution is 4.86. The number of nitriles is 1. The molecule has 0 saturated carbocycles. The normalized spacial score (nSPS) is 15.8. The monoisotopic (exact) mass is 144 g/mol. The molecule has 1 unspecified atom stereocenters. The third kappa shape index (κ3) is 3.41. The zero-order valence-corrected chi connectivity index (χ0v) is 6.39. The maximum Gasteiger partial charge on any atom is 0.102 e. The SMILES string of the molecule is CC(NCCF)[C@H](C)C#N. The average molecular weight is 144 g/mol. The Kier molecular flexibility index (Phi) is 4.87. The fraction of sp³-hybridized carbons (Fsp3) is 0.857. The minimum Gasteiger partial charge on any atom is -0.310 e. The molecule has 10 heavy (non-hydrogen) atoms. The molecule has 0 amide bonds. The van der Waals surface area contributed by atoms with Crippen molar-refractivity contribution in [2.24, 2.45) is 5.92 Å². The molecule has 0 heterocycles. The summed E-state index contributed by atoms with van der Waals surface area (Å²) in [5.74, 6) is -0.0495. The van der Waals surface area contributed by atoms with Crippen molar-refractivity contribution in [3.63, 3.8) is 0 Å². The van der Waals surface area contributed by atoms with E-state index in [4.69, 9.17) is 5.26 Å². The molecular formula is C7H13FN2. The van der Waals surface area contributed by atoms with Crippen LogP contribution >= 0.6 is 0 Å². The Balaban J connectivity index is 3.43. The molecule has 58 valence electrons. The van der Waals surface area contributed by atoms with Crippen LogP contribution in [0, 0.1) is 17.2 Å². The molecule has 1 N–H and O–H groups in total. The molecule has 0 aliphatic heterocycles. The molecule has 2 atom stereocenters. The highest BCUT2D eigenvalue weighted by Crippen LogP contribution is 1.98. The van der Waals surface area contributed by atoms with Gasteiger partial charge in [-0.1, -0.05) is 0 Å². The summed E-state index contributed by atoms with van der Waals surface area (Å²) in [6.07, 6.45) is 0. The van der Waals surface area contributed by atoms with E-state index >= 15 is 0 Å². The van der Waals surface area contributed by atoms with Gasteiger partial charge in [0.1, 0.15) is 6.67 Å². The van der Waals surface area contributed by atoms with Gasteiger partial charge >= 0.3 is 0 Å². The van der Waals surface area contributed by atoms with Gasteiger partial charge < -0.3 is 5.32 Å². The van der Waals surface area contributed by atoms with Gasteiger partial charge in [-0.25, -0.2) is 4.39 Å². The topological polar surface area (TPSA) is 35.8 Å². The van der Waals surface area contributed by atoms with Gasteiger partial charge in [0.25, 0.3) is 0 Å². The average Bonchev–Trinajstić information content (AvgIpc) is 1.98. The van der Waals surface area contributed by atoms with E-state index in [1.165, 1.54) is 0 Å². The van der Waals surface area contributed by atoms with Crippen LogP contribution in [0.25, 0.3) is 0 Å². The first kappa shape index (κ1) is 9.38. The summed E-state index contributed by atoms with van der Waals surface area (Å²) in [7, 11) is 0. The summed E-state index contributed by atoms with van der Waals surface area (Å²) >= 11 is 0. The molecule has 0 aromatic carbocycles. The Hall–Kier alpha value is -0.620. The Morgan fingerprint density at radius 2 is 2.20 bits per heavy atom. The zero-order chi connectivity index (χ0) is 7.98. The van der Waals surface area contributed by atoms with Crippen molar-refractivity contribution in [1.29, 1.82) is 5.26 Å². The Morgan fingerprint density at radius 1 is 1.60 bits per heavy atom. The van der Waals surface area contributed by atoms with Gasteiger partial charge in [-0.05, 0) is 13.8 Å². The first-order valence-corrected chi connectivity index (χ1v) is 3.41. The summed E-state index contributed by atoms with van der Waals surface area (Å²) in [5, 5.41) is 11.3. The number of rotatable bonds is 4. The van der Waals surface area contributed by atoms with Crippen molar-refractivity contribution in [1.82, 2.24) is 5.32 Å². The Morgan fingerprint density at radius 3 is 2.60 bits per heavy atom. The number of hydrogen-bond donors (Lipinski definition) is 1. The molecule has 0 rings (SSSR count). The lowest BCUT2D eigenvalue weighted by molar-refractivity contribution is 0.409. The first-order valence-electron chi connectivity index (χ1n) is 3.41. The Labute approximate surface area is 61.0 Å². The molecule has 0 radical (unpaired) electrons. The van der Waals surface area contributed by atoms with Crippen LogP contribution in [0.2, 0.25) is 0 Å². The molecule has 0 bridgehead atoms. The second-order valence-corrected chi connectivity index (χ2v) is 2.35. The van der Waals surface area contributed by atoms with E-state index in [0.717, 1.165) is 0 Å². The first-order chi connectivity index (χ1) is 4.72. The standard InChI is InChI=1S/C7H13FN2/c1-6(5-9)7(2)10-4-3-8/h6-7,10H,3-4H2,1-2H3/t6-,7?/m1/s1.